The summed E-state index contributed by atoms with van der Waals surface area (Å²) in [5.41, 5.74) is 3.83. The zero-order valence-electron chi connectivity index (χ0n) is 21.2. The Morgan fingerprint density at radius 1 is 1.03 bits per heavy atom. The van der Waals surface area contributed by atoms with Crippen LogP contribution >= 0.6 is 0 Å². The molecule has 37 heavy (non-hydrogen) atoms. The summed E-state index contributed by atoms with van der Waals surface area (Å²) >= 11 is 0. The fraction of sp³-hybridized carbons (Fsp3) is 0.310. The summed E-state index contributed by atoms with van der Waals surface area (Å²) in [7, 11) is 0. The van der Waals surface area contributed by atoms with Crippen molar-refractivity contribution in [2.45, 2.75) is 58.2 Å². The van der Waals surface area contributed by atoms with Gasteiger partial charge in [-0.3, -0.25) is 14.5 Å². The first-order valence-corrected chi connectivity index (χ1v) is 12.5. The molecule has 0 saturated heterocycles. The summed E-state index contributed by atoms with van der Waals surface area (Å²) < 4.78 is 16.7. The number of nitrogens with one attached hydrogen (secondary N) is 1. The first-order valence-electron chi connectivity index (χ1n) is 12.5. The van der Waals surface area contributed by atoms with Gasteiger partial charge in [-0.05, 0) is 81.5 Å². The van der Waals surface area contributed by atoms with Crippen LogP contribution in [0.5, 0.6) is 0 Å². The van der Waals surface area contributed by atoms with Crippen LogP contribution in [0.1, 0.15) is 49.9 Å². The Balaban J connectivity index is 1.63. The Labute approximate surface area is 215 Å². The number of benzene rings is 3. The van der Waals surface area contributed by atoms with E-state index in [1.165, 1.54) is 21.2 Å². The minimum Gasteiger partial charge on any atom is -0.349 e. The summed E-state index contributed by atoms with van der Waals surface area (Å²) in [5, 5.41) is 11.3. The van der Waals surface area contributed by atoms with Crippen LogP contribution in [-0.4, -0.2) is 32.3 Å². The van der Waals surface area contributed by atoms with Crippen molar-refractivity contribution in [2.24, 2.45) is 0 Å². The highest BCUT2D eigenvalue weighted by atomic mass is 19.1. The highest BCUT2D eigenvalue weighted by Gasteiger charge is 2.36. The lowest BCUT2D eigenvalue weighted by Crippen LogP contribution is -2.50. The molecule has 7 nitrogen and oxygen atoms in total. The summed E-state index contributed by atoms with van der Waals surface area (Å²) in [6.07, 6.45) is 2.92. The Hall–Kier alpha value is -4.07. The normalized spacial score (nSPS) is 13.8. The molecule has 0 spiro atoms. The molecular weight excluding hydrogens is 469 g/mol. The molecular formula is C29H30FN5O2. The minimum absolute atomic E-state index is 0.126. The summed E-state index contributed by atoms with van der Waals surface area (Å²) in [6, 6.07) is 18.1. The van der Waals surface area contributed by atoms with Crippen molar-refractivity contribution < 1.29 is 14.0 Å². The van der Waals surface area contributed by atoms with Crippen molar-refractivity contribution in [1.82, 2.24) is 20.3 Å². The lowest BCUT2D eigenvalue weighted by molar-refractivity contribution is -0.128. The van der Waals surface area contributed by atoms with E-state index in [9.17, 15) is 9.59 Å². The number of aromatic nitrogens is 3. The first kappa shape index (κ1) is 24.6. The third-order valence-corrected chi connectivity index (χ3v) is 6.54. The van der Waals surface area contributed by atoms with Gasteiger partial charge in [-0.15, -0.1) is 5.10 Å². The monoisotopic (exact) mass is 499 g/mol. The molecule has 1 aliphatic rings. The van der Waals surface area contributed by atoms with Crippen molar-refractivity contribution >= 4 is 28.5 Å². The number of amides is 2. The zero-order valence-corrected chi connectivity index (χ0v) is 21.2. The summed E-state index contributed by atoms with van der Waals surface area (Å²) in [6.45, 7) is 5.40. The van der Waals surface area contributed by atoms with Gasteiger partial charge in [0.1, 0.15) is 23.9 Å². The molecule has 4 aromatic rings. The molecule has 5 rings (SSSR count). The molecule has 8 heteroatoms. The van der Waals surface area contributed by atoms with E-state index < -0.39 is 29.2 Å². The van der Waals surface area contributed by atoms with Crippen LogP contribution in [0.15, 0.2) is 66.7 Å². The van der Waals surface area contributed by atoms with E-state index in [-0.39, 0.29) is 12.1 Å². The molecule has 1 aliphatic carbocycles. The van der Waals surface area contributed by atoms with Gasteiger partial charge in [0.2, 0.25) is 11.8 Å². The predicted octanol–water partition coefficient (Wildman–Crippen LogP) is 4.75. The van der Waals surface area contributed by atoms with Crippen LogP contribution in [0, 0.1) is 5.82 Å². The highest BCUT2D eigenvalue weighted by Crippen LogP contribution is 2.34. The van der Waals surface area contributed by atoms with E-state index >= 15 is 4.39 Å². The maximum atomic E-state index is 15.2. The van der Waals surface area contributed by atoms with Gasteiger partial charge in [-0.25, -0.2) is 9.07 Å². The molecule has 0 bridgehead atoms. The van der Waals surface area contributed by atoms with Gasteiger partial charge in [0, 0.05) is 16.8 Å². The van der Waals surface area contributed by atoms with Crippen molar-refractivity contribution in [1.29, 1.82) is 0 Å². The topological polar surface area (TPSA) is 80.1 Å². The van der Waals surface area contributed by atoms with Crippen LogP contribution in [0.25, 0.3) is 11.0 Å². The molecule has 0 aliphatic heterocycles. The number of fused-ring (bicyclic) bond motifs is 2. The maximum absolute atomic E-state index is 15.2. The fourth-order valence-electron chi connectivity index (χ4n) is 4.92. The molecule has 0 fully saturated rings. The second kappa shape index (κ2) is 9.76. The smallest absolute Gasteiger partial charge is 0.249 e. The largest absolute Gasteiger partial charge is 0.349 e. The lowest BCUT2D eigenvalue weighted by atomic mass is 9.99. The number of rotatable bonds is 6. The summed E-state index contributed by atoms with van der Waals surface area (Å²) in [4.78, 5) is 29.3. The molecule has 2 amide bonds. The average molecular weight is 500 g/mol. The van der Waals surface area contributed by atoms with E-state index in [0.29, 0.717) is 16.7 Å². The van der Waals surface area contributed by atoms with Gasteiger partial charge < -0.3 is 5.32 Å². The number of para-hydroxylation sites is 1. The van der Waals surface area contributed by atoms with Crippen LogP contribution in [0.3, 0.4) is 0 Å². The average Bonchev–Trinajstić information content (AvgIpc) is 3.48. The van der Waals surface area contributed by atoms with Crippen molar-refractivity contribution in [2.75, 3.05) is 4.90 Å². The molecule has 1 heterocycles. The summed E-state index contributed by atoms with van der Waals surface area (Å²) in [5.74, 6) is -1.41. The third-order valence-electron chi connectivity index (χ3n) is 6.54. The molecule has 1 N–H and O–H groups in total. The molecule has 1 aromatic heterocycles. The molecule has 1 atom stereocenters. The molecule has 0 unspecified atom stereocenters. The SMILES string of the molecule is CC(C)(C)NC(=O)[C@H](c1ccccc1F)N(C(=O)Cn1nnc2ccccc21)c1ccc2c(c1)CCC2. The van der Waals surface area contributed by atoms with E-state index in [1.54, 1.807) is 18.2 Å². The zero-order chi connectivity index (χ0) is 26.2. The first-order chi connectivity index (χ1) is 17.7. The van der Waals surface area contributed by atoms with Gasteiger partial charge in [-0.2, -0.15) is 0 Å². The van der Waals surface area contributed by atoms with E-state index in [2.05, 4.69) is 15.6 Å². The number of anilines is 1. The quantitative estimate of drug-likeness (QED) is 0.415. The Morgan fingerprint density at radius 2 is 1.76 bits per heavy atom. The van der Waals surface area contributed by atoms with Crippen molar-refractivity contribution in [3.8, 4) is 0 Å². The van der Waals surface area contributed by atoms with Crippen molar-refractivity contribution in [3.05, 3.63) is 89.2 Å². The van der Waals surface area contributed by atoms with Gasteiger partial charge in [0.05, 0.1) is 5.52 Å². The number of hydrogen-bond acceptors (Lipinski definition) is 4. The molecule has 3 aromatic carbocycles. The highest BCUT2D eigenvalue weighted by molar-refractivity contribution is 6.01. The van der Waals surface area contributed by atoms with Crippen molar-refractivity contribution in [3.63, 3.8) is 0 Å². The molecule has 190 valence electrons. The second-order valence-corrected chi connectivity index (χ2v) is 10.5. The van der Waals surface area contributed by atoms with Crippen LogP contribution in [0.4, 0.5) is 10.1 Å². The minimum atomic E-state index is -1.22. The third kappa shape index (κ3) is 5.09. The predicted molar refractivity (Wildman–Crippen MR) is 141 cm³/mol. The van der Waals surface area contributed by atoms with E-state index in [4.69, 9.17) is 0 Å². The van der Waals surface area contributed by atoms with E-state index in [1.807, 2.05) is 63.2 Å². The van der Waals surface area contributed by atoms with Gasteiger partial charge in [-0.1, -0.05) is 41.6 Å². The number of carbonyl (C=O) groups is 2. The van der Waals surface area contributed by atoms with Gasteiger partial charge >= 0.3 is 0 Å². The van der Waals surface area contributed by atoms with Gasteiger partial charge in [0.15, 0.2) is 0 Å². The standard InChI is InChI=1S/C29H30FN5O2/c1-29(2,3)31-28(37)27(22-11-4-5-12-23(22)30)35(21-16-15-19-9-8-10-20(19)17-21)26(36)18-34-25-14-7-6-13-24(25)32-33-34/h4-7,11-17,27H,8-10,18H2,1-3H3,(H,31,37)/t27-/m0/s1. The van der Waals surface area contributed by atoms with Crippen LogP contribution in [0.2, 0.25) is 0 Å². The second-order valence-electron chi connectivity index (χ2n) is 10.5. The number of carbonyl (C=O) groups excluding carboxylic acids is 2. The Morgan fingerprint density at radius 3 is 2.54 bits per heavy atom. The number of halogens is 1. The fourth-order valence-corrected chi connectivity index (χ4v) is 4.92. The molecule has 0 radical (unpaired) electrons. The number of nitrogens with zero attached hydrogens (tertiary/aromatic N) is 4. The Bertz CT molecular complexity index is 1470. The van der Waals surface area contributed by atoms with Gasteiger partial charge in [0.25, 0.3) is 0 Å². The Kier molecular flexibility index (Phi) is 6.50. The number of hydrogen-bond donors (Lipinski definition) is 1. The van der Waals surface area contributed by atoms with E-state index in [0.717, 1.165) is 24.8 Å². The number of aryl methyl sites for hydroxylation is 2. The van der Waals surface area contributed by atoms with Crippen LogP contribution < -0.4 is 10.2 Å². The molecule has 0 saturated carbocycles. The lowest BCUT2D eigenvalue weighted by Gasteiger charge is -2.34. The maximum Gasteiger partial charge on any atom is 0.249 e. The van der Waals surface area contributed by atoms with Crippen LogP contribution in [-0.2, 0) is 29.0 Å².